The molecule has 8 heteroatoms. The largest absolute Gasteiger partial charge is 0.480 e. The van der Waals surface area contributed by atoms with Gasteiger partial charge in [0.25, 0.3) is 0 Å². The molecule has 0 unspecified atom stereocenters. The summed E-state index contributed by atoms with van der Waals surface area (Å²) in [7, 11) is 0. The van der Waals surface area contributed by atoms with E-state index in [0.717, 1.165) is 12.0 Å². The second-order valence-corrected chi connectivity index (χ2v) is 4.91. The van der Waals surface area contributed by atoms with Gasteiger partial charge in [0.05, 0.1) is 13.1 Å². The first-order chi connectivity index (χ1) is 9.19. The fourth-order valence-electron chi connectivity index (χ4n) is 1.74. The van der Waals surface area contributed by atoms with E-state index in [4.69, 9.17) is 9.63 Å². The number of aromatic nitrogens is 2. The van der Waals surface area contributed by atoms with Gasteiger partial charge < -0.3 is 9.63 Å². The van der Waals surface area contributed by atoms with Crippen LogP contribution in [0.3, 0.4) is 0 Å². The van der Waals surface area contributed by atoms with Crippen LogP contribution < -0.4 is 0 Å². The number of hydrogen-bond donors (Lipinski definition) is 1. The number of nitrogens with zero attached hydrogens (tertiary/aromatic N) is 3. The Hall–Kier alpha value is -1.44. The zero-order chi connectivity index (χ0) is 13.7. The minimum Gasteiger partial charge on any atom is -0.480 e. The van der Waals surface area contributed by atoms with E-state index in [-0.39, 0.29) is 19.0 Å². The fourth-order valence-corrected chi connectivity index (χ4v) is 2.38. The summed E-state index contributed by atoms with van der Waals surface area (Å²) < 4.78 is 5.16. The third kappa shape index (κ3) is 4.59. The van der Waals surface area contributed by atoms with Crippen LogP contribution in [-0.2, 0) is 11.3 Å². The normalized spacial score (nSPS) is 10.5. The number of hydrogen-bond acceptors (Lipinski definition) is 6. The number of carboxylic acids is 1. The highest BCUT2D eigenvalue weighted by Crippen LogP contribution is 2.19. The Morgan fingerprint density at radius 3 is 2.95 bits per heavy atom. The molecule has 20 heavy (non-hydrogen) atoms. The molecule has 0 aliphatic heterocycles. The molecule has 0 aromatic carbocycles. The van der Waals surface area contributed by atoms with Crippen molar-refractivity contribution in [3.8, 4) is 11.4 Å². The van der Waals surface area contributed by atoms with E-state index in [1.807, 2.05) is 23.8 Å². The maximum atomic E-state index is 10.8. The minimum atomic E-state index is -0.856. The topological polar surface area (TPSA) is 79.5 Å². The molecule has 110 valence electrons. The number of thiophene rings is 1. The van der Waals surface area contributed by atoms with Crippen LogP contribution in [0.25, 0.3) is 11.4 Å². The van der Waals surface area contributed by atoms with Crippen LogP contribution in [0, 0.1) is 0 Å². The highest BCUT2D eigenvalue weighted by Gasteiger charge is 2.14. The van der Waals surface area contributed by atoms with Crippen molar-refractivity contribution in [2.24, 2.45) is 0 Å². The van der Waals surface area contributed by atoms with Gasteiger partial charge in [0.1, 0.15) is 0 Å². The summed E-state index contributed by atoms with van der Waals surface area (Å²) in [5.41, 5.74) is 0.917. The molecule has 0 bridgehead atoms. The van der Waals surface area contributed by atoms with Crippen LogP contribution in [-0.4, -0.2) is 39.2 Å². The van der Waals surface area contributed by atoms with Crippen LogP contribution in [0.4, 0.5) is 0 Å². The van der Waals surface area contributed by atoms with Crippen molar-refractivity contribution in [3.05, 3.63) is 22.7 Å². The van der Waals surface area contributed by atoms with Gasteiger partial charge in [-0.3, -0.25) is 9.69 Å². The molecule has 0 radical (unpaired) electrons. The van der Waals surface area contributed by atoms with Crippen LogP contribution in [0.1, 0.15) is 19.2 Å². The summed E-state index contributed by atoms with van der Waals surface area (Å²) in [5, 5.41) is 16.6. The van der Waals surface area contributed by atoms with Gasteiger partial charge in [-0.05, 0) is 24.4 Å². The first kappa shape index (κ1) is 16.6. The predicted molar refractivity (Wildman–Crippen MR) is 78.1 cm³/mol. The molecule has 2 rings (SSSR count). The number of carbonyl (C=O) groups is 1. The zero-order valence-corrected chi connectivity index (χ0v) is 12.6. The van der Waals surface area contributed by atoms with Gasteiger partial charge >= 0.3 is 5.97 Å². The number of halogens is 1. The quantitative estimate of drug-likeness (QED) is 0.845. The maximum absolute atomic E-state index is 10.8. The zero-order valence-electron chi connectivity index (χ0n) is 11.0. The van der Waals surface area contributed by atoms with Gasteiger partial charge in [-0.2, -0.15) is 16.3 Å². The summed E-state index contributed by atoms with van der Waals surface area (Å²) in [6.07, 6.45) is 0.874. The van der Waals surface area contributed by atoms with Crippen molar-refractivity contribution >= 4 is 29.7 Å². The highest BCUT2D eigenvalue weighted by molar-refractivity contribution is 7.08. The van der Waals surface area contributed by atoms with E-state index in [1.54, 1.807) is 16.2 Å². The van der Waals surface area contributed by atoms with E-state index in [9.17, 15) is 4.79 Å². The minimum absolute atomic E-state index is 0. The second kappa shape index (κ2) is 7.98. The van der Waals surface area contributed by atoms with Gasteiger partial charge in [0, 0.05) is 10.9 Å². The molecule has 1 N–H and O–H groups in total. The Balaban J connectivity index is 0.00000200. The molecule has 0 fully saturated rings. The van der Waals surface area contributed by atoms with E-state index in [1.165, 1.54) is 0 Å². The van der Waals surface area contributed by atoms with Gasteiger partial charge in [-0.25, -0.2) is 0 Å². The number of carboxylic acid groups (broad SMARTS) is 1. The first-order valence-corrected chi connectivity index (χ1v) is 6.92. The van der Waals surface area contributed by atoms with Crippen molar-refractivity contribution in [2.75, 3.05) is 13.1 Å². The Kier molecular flexibility index (Phi) is 6.63. The van der Waals surface area contributed by atoms with Gasteiger partial charge in [-0.1, -0.05) is 12.1 Å². The van der Waals surface area contributed by atoms with Crippen LogP contribution in [0.2, 0.25) is 0 Å². The Labute approximate surface area is 126 Å². The SMILES string of the molecule is CCCN(CC(=O)O)Cc1nc(-c2ccsc2)no1.Cl. The molecule has 0 amide bonds. The first-order valence-electron chi connectivity index (χ1n) is 5.98. The Morgan fingerprint density at radius 1 is 1.55 bits per heavy atom. The van der Waals surface area contributed by atoms with Crippen molar-refractivity contribution in [1.29, 1.82) is 0 Å². The Morgan fingerprint density at radius 2 is 2.35 bits per heavy atom. The summed E-state index contributed by atoms with van der Waals surface area (Å²) in [4.78, 5) is 16.8. The van der Waals surface area contributed by atoms with E-state index in [0.29, 0.717) is 24.8 Å². The molecule has 2 aromatic rings. The van der Waals surface area contributed by atoms with E-state index in [2.05, 4.69) is 10.1 Å². The second-order valence-electron chi connectivity index (χ2n) is 4.13. The summed E-state index contributed by atoms with van der Waals surface area (Å²) in [6, 6.07) is 1.92. The third-order valence-corrected chi connectivity index (χ3v) is 3.19. The molecular weight excluding hydrogens is 302 g/mol. The van der Waals surface area contributed by atoms with Crippen molar-refractivity contribution in [2.45, 2.75) is 19.9 Å². The number of rotatable bonds is 7. The van der Waals surface area contributed by atoms with Crippen LogP contribution in [0.15, 0.2) is 21.3 Å². The Bertz CT molecular complexity index is 530. The molecule has 6 nitrogen and oxygen atoms in total. The lowest BCUT2D eigenvalue weighted by atomic mass is 10.3. The number of aliphatic carboxylic acids is 1. The molecule has 2 heterocycles. The van der Waals surface area contributed by atoms with E-state index >= 15 is 0 Å². The molecule has 0 saturated heterocycles. The molecule has 0 aliphatic rings. The standard InChI is InChI=1S/C12H15N3O3S.ClH/c1-2-4-15(7-11(16)17)6-10-13-12(14-18-10)9-3-5-19-8-9;/h3,5,8H,2,4,6-7H2,1H3,(H,16,17);1H. The highest BCUT2D eigenvalue weighted by atomic mass is 35.5. The van der Waals surface area contributed by atoms with E-state index < -0.39 is 5.97 Å². The van der Waals surface area contributed by atoms with Crippen molar-refractivity contribution < 1.29 is 14.4 Å². The molecule has 0 spiro atoms. The molecule has 0 atom stereocenters. The lowest BCUT2D eigenvalue weighted by molar-refractivity contribution is -0.138. The third-order valence-electron chi connectivity index (χ3n) is 2.51. The van der Waals surface area contributed by atoms with Crippen molar-refractivity contribution in [1.82, 2.24) is 15.0 Å². The molecule has 0 aliphatic carbocycles. The molecular formula is C12H16ClN3O3S. The predicted octanol–water partition coefficient (Wildman–Crippen LogP) is 2.52. The lowest BCUT2D eigenvalue weighted by Gasteiger charge is -2.16. The van der Waals surface area contributed by atoms with Crippen LogP contribution >= 0.6 is 23.7 Å². The average molecular weight is 318 g/mol. The van der Waals surface area contributed by atoms with Gasteiger partial charge in [0.15, 0.2) is 0 Å². The summed E-state index contributed by atoms with van der Waals surface area (Å²) >= 11 is 1.56. The smallest absolute Gasteiger partial charge is 0.317 e. The molecule has 2 aromatic heterocycles. The maximum Gasteiger partial charge on any atom is 0.317 e. The monoisotopic (exact) mass is 317 g/mol. The van der Waals surface area contributed by atoms with Crippen LogP contribution in [0.5, 0.6) is 0 Å². The summed E-state index contributed by atoms with van der Waals surface area (Å²) in [6.45, 7) is 3.02. The summed E-state index contributed by atoms with van der Waals surface area (Å²) in [5.74, 6) is 0.130. The lowest BCUT2D eigenvalue weighted by Crippen LogP contribution is -2.30. The van der Waals surface area contributed by atoms with Gasteiger partial charge in [-0.15, -0.1) is 12.4 Å². The average Bonchev–Trinajstić information content (AvgIpc) is 2.97. The van der Waals surface area contributed by atoms with Gasteiger partial charge in [0.2, 0.25) is 11.7 Å². The fraction of sp³-hybridized carbons (Fsp3) is 0.417. The van der Waals surface area contributed by atoms with Crippen molar-refractivity contribution in [3.63, 3.8) is 0 Å². The molecule has 0 saturated carbocycles.